The zero-order valence-electron chi connectivity index (χ0n) is 11.8. The van der Waals surface area contributed by atoms with Crippen molar-refractivity contribution >= 4 is 37.8 Å². The molecule has 0 radical (unpaired) electrons. The molecular formula is C15H20Br2N2O. The highest BCUT2D eigenvalue weighted by Crippen LogP contribution is 2.27. The van der Waals surface area contributed by atoms with Crippen molar-refractivity contribution < 1.29 is 4.79 Å². The van der Waals surface area contributed by atoms with Crippen LogP contribution in [0.15, 0.2) is 27.1 Å². The summed E-state index contributed by atoms with van der Waals surface area (Å²) in [6.07, 6.45) is 1.71. The van der Waals surface area contributed by atoms with Gasteiger partial charge >= 0.3 is 0 Å². The Morgan fingerprint density at radius 1 is 1.35 bits per heavy atom. The highest BCUT2D eigenvalue weighted by Gasteiger charge is 2.22. The van der Waals surface area contributed by atoms with Gasteiger partial charge in [0.2, 0.25) is 5.91 Å². The third kappa shape index (κ3) is 4.06. The predicted octanol–water partition coefficient (Wildman–Crippen LogP) is 3.87. The number of rotatable bonds is 5. The summed E-state index contributed by atoms with van der Waals surface area (Å²) in [4.78, 5) is 13.6. The molecule has 1 N–H and O–H groups in total. The Morgan fingerprint density at radius 2 is 2.10 bits per heavy atom. The summed E-state index contributed by atoms with van der Waals surface area (Å²) in [5.41, 5.74) is 1.23. The second-order valence-electron chi connectivity index (χ2n) is 5.40. The average Bonchev–Trinajstić information content (AvgIpc) is 2.74. The van der Waals surface area contributed by atoms with E-state index in [4.69, 9.17) is 0 Å². The van der Waals surface area contributed by atoms with E-state index in [0.29, 0.717) is 6.42 Å². The molecule has 0 aliphatic carbocycles. The molecule has 20 heavy (non-hydrogen) atoms. The summed E-state index contributed by atoms with van der Waals surface area (Å²) in [5.74, 6) is 0.288. The Balaban J connectivity index is 1.93. The maximum absolute atomic E-state index is 11.6. The number of nitrogens with one attached hydrogen (secondary N) is 1. The molecule has 3 nitrogen and oxygen atoms in total. The standard InChI is InChI=1S/C15H20Br2N2O/c1-10(9-19-7-3-4-15(19)20)18-11(2)13-6-5-12(16)8-14(13)17/h5-6,8,10-11,18H,3-4,7,9H2,1-2H3. The van der Waals surface area contributed by atoms with Crippen LogP contribution in [0.3, 0.4) is 0 Å². The van der Waals surface area contributed by atoms with Gasteiger partial charge in [-0.15, -0.1) is 0 Å². The van der Waals surface area contributed by atoms with Crippen LogP contribution in [0.25, 0.3) is 0 Å². The van der Waals surface area contributed by atoms with E-state index < -0.39 is 0 Å². The quantitative estimate of drug-likeness (QED) is 0.809. The van der Waals surface area contributed by atoms with Crippen LogP contribution in [-0.4, -0.2) is 29.9 Å². The molecule has 1 aliphatic heterocycles. The maximum Gasteiger partial charge on any atom is 0.222 e. The van der Waals surface area contributed by atoms with E-state index in [1.807, 2.05) is 11.0 Å². The van der Waals surface area contributed by atoms with Gasteiger partial charge in [0.1, 0.15) is 0 Å². The number of carbonyl (C=O) groups excluding carboxylic acids is 1. The van der Waals surface area contributed by atoms with Crippen LogP contribution in [0.1, 0.15) is 38.3 Å². The molecule has 1 amide bonds. The molecule has 0 saturated carbocycles. The van der Waals surface area contributed by atoms with Crippen molar-refractivity contribution in [2.24, 2.45) is 0 Å². The number of likely N-dealkylation sites (tertiary alicyclic amines) is 1. The van der Waals surface area contributed by atoms with E-state index in [2.05, 4.69) is 63.2 Å². The van der Waals surface area contributed by atoms with Crippen LogP contribution >= 0.6 is 31.9 Å². The van der Waals surface area contributed by atoms with Gasteiger partial charge in [-0.05, 0) is 38.0 Å². The first-order valence-corrected chi connectivity index (χ1v) is 8.54. The lowest BCUT2D eigenvalue weighted by atomic mass is 10.1. The number of hydrogen-bond acceptors (Lipinski definition) is 2. The van der Waals surface area contributed by atoms with Gasteiger partial charge in [0.25, 0.3) is 0 Å². The van der Waals surface area contributed by atoms with E-state index in [-0.39, 0.29) is 18.0 Å². The van der Waals surface area contributed by atoms with Gasteiger partial charge in [0.15, 0.2) is 0 Å². The fraction of sp³-hybridized carbons (Fsp3) is 0.533. The normalized spacial score (nSPS) is 18.4. The number of nitrogens with zero attached hydrogens (tertiary/aromatic N) is 1. The Kier molecular flexibility index (Phi) is 5.64. The van der Waals surface area contributed by atoms with Crippen molar-refractivity contribution in [2.45, 2.75) is 38.8 Å². The summed E-state index contributed by atoms with van der Waals surface area (Å²) in [6.45, 7) is 5.98. The molecule has 1 saturated heterocycles. The molecule has 0 spiro atoms. The molecule has 2 unspecified atom stereocenters. The summed E-state index contributed by atoms with van der Waals surface area (Å²) in [7, 11) is 0. The molecule has 1 aromatic rings. The monoisotopic (exact) mass is 402 g/mol. The minimum Gasteiger partial charge on any atom is -0.341 e. The van der Waals surface area contributed by atoms with Crippen molar-refractivity contribution in [3.05, 3.63) is 32.7 Å². The van der Waals surface area contributed by atoms with Crippen molar-refractivity contribution in [3.63, 3.8) is 0 Å². The van der Waals surface area contributed by atoms with E-state index in [1.165, 1.54) is 5.56 Å². The Hall–Kier alpha value is -0.390. The Labute approximate surface area is 137 Å². The fourth-order valence-corrected chi connectivity index (χ4v) is 4.04. The summed E-state index contributed by atoms with van der Waals surface area (Å²) in [5, 5.41) is 3.56. The zero-order chi connectivity index (χ0) is 14.7. The maximum atomic E-state index is 11.6. The van der Waals surface area contributed by atoms with Crippen LogP contribution in [0.5, 0.6) is 0 Å². The van der Waals surface area contributed by atoms with Gasteiger partial charge in [-0.1, -0.05) is 37.9 Å². The molecule has 2 atom stereocenters. The lowest BCUT2D eigenvalue weighted by Gasteiger charge is -2.25. The molecule has 0 bridgehead atoms. The molecule has 5 heteroatoms. The lowest BCUT2D eigenvalue weighted by molar-refractivity contribution is -0.127. The molecule has 1 heterocycles. The van der Waals surface area contributed by atoms with Gasteiger partial charge in [-0.25, -0.2) is 0 Å². The van der Waals surface area contributed by atoms with Crippen molar-refractivity contribution in [3.8, 4) is 0 Å². The first kappa shape index (κ1) is 16.0. The number of benzene rings is 1. The van der Waals surface area contributed by atoms with Crippen molar-refractivity contribution in [1.82, 2.24) is 10.2 Å². The summed E-state index contributed by atoms with van der Waals surface area (Å²) in [6, 6.07) is 6.74. The number of carbonyl (C=O) groups is 1. The lowest BCUT2D eigenvalue weighted by Crippen LogP contribution is -2.40. The minimum atomic E-state index is 0.241. The van der Waals surface area contributed by atoms with Gasteiger partial charge in [-0.2, -0.15) is 0 Å². The molecule has 1 fully saturated rings. The van der Waals surface area contributed by atoms with E-state index in [9.17, 15) is 4.79 Å². The van der Waals surface area contributed by atoms with Gasteiger partial charge in [0.05, 0.1) is 0 Å². The SMILES string of the molecule is CC(CN1CCCC1=O)NC(C)c1ccc(Br)cc1Br. The fourth-order valence-electron chi connectivity index (χ4n) is 2.65. The number of hydrogen-bond donors (Lipinski definition) is 1. The van der Waals surface area contributed by atoms with Gasteiger partial charge in [-0.3, -0.25) is 4.79 Å². The molecular weight excluding hydrogens is 384 g/mol. The first-order chi connectivity index (χ1) is 9.47. The average molecular weight is 404 g/mol. The Morgan fingerprint density at radius 3 is 2.70 bits per heavy atom. The topological polar surface area (TPSA) is 32.3 Å². The first-order valence-electron chi connectivity index (χ1n) is 6.96. The van der Waals surface area contributed by atoms with Crippen LogP contribution in [0.2, 0.25) is 0 Å². The van der Waals surface area contributed by atoms with E-state index >= 15 is 0 Å². The summed E-state index contributed by atoms with van der Waals surface area (Å²) < 4.78 is 2.16. The van der Waals surface area contributed by atoms with Crippen LogP contribution < -0.4 is 5.32 Å². The second kappa shape index (κ2) is 7.05. The minimum absolute atomic E-state index is 0.241. The zero-order valence-corrected chi connectivity index (χ0v) is 15.0. The molecule has 2 rings (SSSR count). The Bertz CT molecular complexity index is 493. The molecule has 0 aromatic heterocycles. The second-order valence-corrected chi connectivity index (χ2v) is 7.17. The largest absolute Gasteiger partial charge is 0.341 e. The van der Waals surface area contributed by atoms with Gasteiger partial charge in [0, 0.05) is 40.5 Å². The third-order valence-electron chi connectivity index (χ3n) is 3.63. The van der Waals surface area contributed by atoms with Crippen molar-refractivity contribution in [2.75, 3.05) is 13.1 Å². The third-order valence-corrected chi connectivity index (χ3v) is 4.81. The van der Waals surface area contributed by atoms with Crippen molar-refractivity contribution in [1.29, 1.82) is 0 Å². The molecule has 1 aromatic carbocycles. The van der Waals surface area contributed by atoms with Crippen LogP contribution in [0, 0.1) is 0 Å². The number of amides is 1. The van der Waals surface area contributed by atoms with E-state index in [1.54, 1.807) is 0 Å². The predicted molar refractivity (Wildman–Crippen MR) is 88.7 cm³/mol. The van der Waals surface area contributed by atoms with Crippen LogP contribution in [-0.2, 0) is 4.79 Å². The summed E-state index contributed by atoms with van der Waals surface area (Å²) >= 11 is 7.07. The van der Waals surface area contributed by atoms with Gasteiger partial charge < -0.3 is 10.2 Å². The molecule has 1 aliphatic rings. The molecule has 110 valence electrons. The number of halogens is 2. The highest BCUT2D eigenvalue weighted by atomic mass is 79.9. The smallest absolute Gasteiger partial charge is 0.222 e. The van der Waals surface area contributed by atoms with E-state index in [0.717, 1.165) is 28.5 Å². The highest BCUT2D eigenvalue weighted by molar-refractivity contribution is 9.11. The van der Waals surface area contributed by atoms with Crippen LogP contribution in [0.4, 0.5) is 0 Å².